The van der Waals surface area contributed by atoms with E-state index in [1.54, 1.807) is 0 Å². The molecule has 0 radical (unpaired) electrons. The van der Waals surface area contributed by atoms with Crippen molar-refractivity contribution < 1.29 is 21.9 Å². The smallest absolute Gasteiger partial charge is 0.160 e. The third-order valence-electron chi connectivity index (χ3n) is 4.44. The molecule has 3 rings (SSSR count). The Labute approximate surface area is 156 Å². The van der Waals surface area contributed by atoms with Crippen LogP contribution in [0.4, 0.5) is 13.2 Å². The highest BCUT2D eigenvalue weighted by Gasteiger charge is 2.28. The van der Waals surface area contributed by atoms with Crippen LogP contribution in [-0.4, -0.2) is 18.7 Å². The molecule has 2 aromatic rings. The van der Waals surface area contributed by atoms with Gasteiger partial charge in [-0.3, -0.25) is 0 Å². The number of benzene rings is 1. The van der Waals surface area contributed by atoms with E-state index in [1.807, 2.05) is 0 Å². The predicted molar refractivity (Wildman–Crippen MR) is 92.7 cm³/mol. The molecule has 1 N–H and O–H groups in total. The fraction of sp³-hybridized carbons (Fsp3) is 0.412. The lowest BCUT2D eigenvalue weighted by molar-refractivity contribution is 0.435. The SMILES string of the molecule is O=S(O)Cc1nc(Cl)c(-c2c(F)cc(F)cc2F)c(C2CCCCC2)n1. The van der Waals surface area contributed by atoms with Crippen molar-refractivity contribution in [1.29, 1.82) is 0 Å². The van der Waals surface area contributed by atoms with Crippen molar-refractivity contribution in [2.45, 2.75) is 43.8 Å². The first-order valence-electron chi connectivity index (χ1n) is 8.15. The Morgan fingerprint density at radius 2 is 1.69 bits per heavy atom. The maximum Gasteiger partial charge on any atom is 0.160 e. The van der Waals surface area contributed by atoms with Crippen LogP contribution in [0.5, 0.6) is 0 Å². The minimum atomic E-state index is -2.18. The summed E-state index contributed by atoms with van der Waals surface area (Å²) in [5.41, 5.74) is -0.149. The van der Waals surface area contributed by atoms with Gasteiger partial charge < -0.3 is 4.55 Å². The van der Waals surface area contributed by atoms with E-state index >= 15 is 0 Å². The van der Waals surface area contributed by atoms with E-state index in [9.17, 15) is 17.4 Å². The minimum absolute atomic E-state index is 0.0129. The third-order valence-corrected chi connectivity index (χ3v) is 5.22. The molecule has 0 spiro atoms. The zero-order valence-electron chi connectivity index (χ0n) is 13.6. The number of nitrogens with zero attached hydrogens (tertiary/aromatic N) is 2. The number of aromatic nitrogens is 2. The predicted octanol–water partition coefficient (Wildman–Crippen LogP) is 4.98. The van der Waals surface area contributed by atoms with Crippen molar-refractivity contribution in [2.75, 3.05) is 0 Å². The normalized spacial score (nSPS) is 16.7. The van der Waals surface area contributed by atoms with Crippen LogP contribution in [0.1, 0.15) is 49.5 Å². The molecule has 1 saturated carbocycles. The molecule has 0 amide bonds. The van der Waals surface area contributed by atoms with Crippen LogP contribution in [0.2, 0.25) is 5.15 Å². The molecule has 0 aliphatic heterocycles. The minimum Gasteiger partial charge on any atom is -0.306 e. The van der Waals surface area contributed by atoms with Gasteiger partial charge in [-0.1, -0.05) is 30.9 Å². The molecule has 140 valence electrons. The van der Waals surface area contributed by atoms with E-state index in [0.29, 0.717) is 17.8 Å². The van der Waals surface area contributed by atoms with Crippen LogP contribution in [0.25, 0.3) is 11.1 Å². The summed E-state index contributed by atoms with van der Waals surface area (Å²) >= 11 is 4.01. The Morgan fingerprint density at radius 3 is 2.27 bits per heavy atom. The van der Waals surface area contributed by atoms with E-state index < -0.39 is 34.1 Å². The van der Waals surface area contributed by atoms with Crippen LogP contribution < -0.4 is 0 Å². The van der Waals surface area contributed by atoms with Crippen molar-refractivity contribution in [2.24, 2.45) is 0 Å². The van der Waals surface area contributed by atoms with Gasteiger partial charge in [0.25, 0.3) is 0 Å². The van der Waals surface area contributed by atoms with Crippen LogP contribution in [0.15, 0.2) is 12.1 Å². The largest absolute Gasteiger partial charge is 0.306 e. The Bertz CT molecular complexity index is 837. The van der Waals surface area contributed by atoms with Gasteiger partial charge in [-0.25, -0.2) is 27.3 Å². The second-order valence-corrected chi connectivity index (χ2v) is 7.53. The van der Waals surface area contributed by atoms with Gasteiger partial charge in [-0.2, -0.15) is 0 Å². The number of halogens is 4. The van der Waals surface area contributed by atoms with Crippen molar-refractivity contribution in [3.63, 3.8) is 0 Å². The molecule has 1 unspecified atom stereocenters. The van der Waals surface area contributed by atoms with Gasteiger partial charge in [0.05, 0.1) is 11.3 Å². The lowest BCUT2D eigenvalue weighted by Gasteiger charge is -2.24. The summed E-state index contributed by atoms with van der Waals surface area (Å²) in [5.74, 6) is -3.63. The zero-order valence-corrected chi connectivity index (χ0v) is 15.2. The molecule has 1 aromatic carbocycles. The molecule has 1 atom stereocenters. The highest BCUT2D eigenvalue weighted by molar-refractivity contribution is 7.78. The summed E-state index contributed by atoms with van der Waals surface area (Å²) in [6.07, 6.45) is 4.43. The van der Waals surface area contributed by atoms with Crippen LogP contribution in [0, 0.1) is 17.5 Å². The van der Waals surface area contributed by atoms with Gasteiger partial charge in [0.2, 0.25) is 0 Å². The fourth-order valence-electron chi connectivity index (χ4n) is 3.35. The average molecular weight is 405 g/mol. The standard InChI is InChI=1S/C17H16ClF3N2O2S/c18-17-15(14-11(20)6-10(19)7-12(14)21)16(9-4-2-1-3-5-9)22-13(23-17)8-26(24)25/h6-7,9H,1-5,8H2,(H,24,25). The highest BCUT2D eigenvalue weighted by atomic mass is 35.5. The van der Waals surface area contributed by atoms with Crippen LogP contribution >= 0.6 is 11.6 Å². The lowest BCUT2D eigenvalue weighted by Crippen LogP contribution is -2.13. The average Bonchev–Trinajstić information content (AvgIpc) is 2.55. The van der Waals surface area contributed by atoms with Gasteiger partial charge in [-0.05, 0) is 12.8 Å². The van der Waals surface area contributed by atoms with E-state index in [4.69, 9.17) is 16.2 Å². The molecule has 0 bridgehead atoms. The topological polar surface area (TPSA) is 63.1 Å². The van der Waals surface area contributed by atoms with Crippen LogP contribution in [0.3, 0.4) is 0 Å². The zero-order chi connectivity index (χ0) is 18.8. The Balaban J connectivity index is 2.21. The third kappa shape index (κ3) is 4.07. The molecule has 1 fully saturated rings. The van der Waals surface area contributed by atoms with Crippen molar-refractivity contribution in [1.82, 2.24) is 9.97 Å². The van der Waals surface area contributed by atoms with Gasteiger partial charge in [0.1, 0.15) is 34.2 Å². The molecule has 9 heteroatoms. The van der Waals surface area contributed by atoms with E-state index in [1.165, 1.54) is 0 Å². The maximum absolute atomic E-state index is 14.4. The van der Waals surface area contributed by atoms with Gasteiger partial charge in [0.15, 0.2) is 11.1 Å². The van der Waals surface area contributed by atoms with Gasteiger partial charge in [0, 0.05) is 23.6 Å². The summed E-state index contributed by atoms with van der Waals surface area (Å²) in [7, 11) is 0. The summed E-state index contributed by atoms with van der Waals surface area (Å²) in [4.78, 5) is 8.23. The Kier molecular flexibility index (Phi) is 5.94. The van der Waals surface area contributed by atoms with Crippen molar-refractivity contribution in [3.8, 4) is 11.1 Å². The van der Waals surface area contributed by atoms with Gasteiger partial charge in [-0.15, -0.1) is 0 Å². The molecule has 26 heavy (non-hydrogen) atoms. The van der Waals surface area contributed by atoms with E-state index in [0.717, 1.165) is 32.1 Å². The first-order chi connectivity index (χ1) is 12.4. The number of hydrogen-bond donors (Lipinski definition) is 1. The molecule has 1 heterocycles. The summed E-state index contributed by atoms with van der Waals surface area (Å²) in [5, 5.41) is -0.217. The lowest BCUT2D eigenvalue weighted by atomic mass is 9.84. The Hall–Kier alpha value is -1.51. The molecular weight excluding hydrogens is 389 g/mol. The van der Waals surface area contributed by atoms with E-state index in [-0.39, 0.29) is 28.2 Å². The first-order valence-corrected chi connectivity index (χ1v) is 9.81. The summed E-state index contributed by atoms with van der Waals surface area (Å²) in [6.45, 7) is 0. The monoisotopic (exact) mass is 404 g/mol. The van der Waals surface area contributed by atoms with Crippen molar-refractivity contribution in [3.05, 3.63) is 46.3 Å². The highest BCUT2D eigenvalue weighted by Crippen LogP contribution is 2.41. The molecule has 0 saturated heterocycles. The molecular formula is C17H16ClF3N2O2S. The maximum atomic E-state index is 14.4. The molecule has 4 nitrogen and oxygen atoms in total. The van der Waals surface area contributed by atoms with Crippen molar-refractivity contribution >= 4 is 22.7 Å². The summed E-state index contributed by atoms with van der Waals surface area (Å²) in [6, 6.07) is 1.16. The second-order valence-electron chi connectivity index (χ2n) is 6.24. The molecule has 1 aliphatic rings. The fourth-order valence-corrected chi connectivity index (χ4v) is 3.99. The van der Waals surface area contributed by atoms with E-state index in [2.05, 4.69) is 9.97 Å². The quantitative estimate of drug-likeness (QED) is 0.576. The van der Waals surface area contributed by atoms with Gasteiger partial charge >= 0.3 is 0 Å². The second kappa shape index (κ2) is 8.02. The number of rotatable bonds is 4. The Morgan fingerprint density at radius 1 is 1.08 bits per heavy atom. The molecule has 1 aromatic heterocycles. The molecule has 1 aliphatic carbocycles. The summed E-state index contributed by atoms with van der Waals surface area (Å²) < 4.78 is 62.2. The van der Waals surface area contributed by atoms with Crippen LogP contribution in [-0.2, 0) is 16.8 Å². The first kappa shape index (κ1) is 19.3. The number of hydrogen-bond acceptors (Lipinski definition) is 3.